The van der Waals surface area contributed by atoms with Crippen LogP contribution in [-0.2, 0) is 11.0 Å². The molecule has 0 unspecified atom stereocenters. The van der Waals surface area contributed by atoms with E-state index in [1.807, 2.05) is 0 Å². The molecule has 128 valence electrons. The summed E-state index contributed by atoms with van der Waals surface area (Å²) in [5.74, 6) is -1.43. The summed E-state index contributed by atoms with van der Waals surface area (Å²) in [5, 5.41) is 11.1. The zero-order valence-electron chi connectivity index (χ0n) is 12.4. The van der Waals surface area contributed by atoms with Gasteiger partial charge < -0.3 is 5.32 Å². The van der Waals surface area contributed by atoms with Crippen molar-refractivity contribution in [1.82, 2.24) is 0 Å². The van der Waals surface area contributed by atoms with Crippen molar-refractivity contribution in [2.75, 3.05) is 5.32 Å². The smallest absolute Gasteiger partial charge is 0.320 e. The third kappa shape index (κ3) is 4.81. The summed E-state index contributed by atoms with van der Waals surface area (Å²) in [7, 11) is 0. The average molecular weight is 369 g/mol. The van der Waals surface area contributed by atoms with E-state index in [2.05, 4.69) is 5.32 Å². The van der Waals surface area contributed by atoms with Gasteiger partial charge in [-0.15, -0.1) is 0 Å². The number of anilines is 1. The van der Waals surface area contributed by atoms with Crippen LogP contribution in [0.1, 0.15) is 11.1 Å². The highest BCUT2D eigenvalue weighted by molar-refractivity contribution is 6.34. The lowest BCUT2D eigenvalue weighted by molar-refractivity contribution is -0.137. The van der Waals surface area contributed by atoms with E-state index in [4.69, 9.17) is 16.9 Å². The molecule has 0 aromatic heterocycles. The summed E-state index contributed by atoms with van der Waals surface area (Å²) in [6, 6.07) is 9.06. The van der Waals surface area contributed by atoms with Crippen molar-refractivity contribution >= 4 is 29.3 Å². The number of nitrogens with zero attached hydrogens (tertiary/aromatic N) is 1. The Morgan fingerprint density at radius 3 is 2.36 bits per heavy atom. The maximum absolute atomic E-state index is 12.9. The molecular formula is C17H9ClF4N2O. The molecule has 8 heteroatoms. The number of halogens is 5. The lowest BCUT2D eigenvalue weighted by Crippen LogP contribution is -2.15. The number of hydrogen-bond donors (Lipinski definition) is 1. The molecule has 0 saturated carbocycles. The van der Waals surface area contributed by atoms with Gasteiger partial charge in [0.25, 0.3) is 5.91 Å². The largest absolute Gasteiger partial charge is 0.416 e. The first-order valence-corrected chi connectivity index (χ1v) is 7.14. The molecule has 2 rings (SSSR count). The summed E-state index contributed by atoms with van der Waals surface area (Å²) in [4.78, 5) is 12.1. The molecule has 0 bridgehead atoms. The molecule has 1 N–H and O–H groups in total. The molecule has 0 saturated heterocycles. The van der Waals surface area contributed by atoms with Crippen LogP contribution in [0, 0.1) is 17.1 Å². The van der Waals surface area contributed by atoms with Gasteiger partial charge in [0, 0.05) is 0 Å². The number of benzene rings is 2. The quantitative estimate of drug-likeness (QED) is 0.468. The van der Waals surface area contributed by atoms with Crippen molar-refractivity contribution in [3.8, 4) is 6.07 Å². The first kappa shape index (κ1) is 18.5. The molecule has 0 aliphatic rings. The van der Waals surface area contributed by atoms with E-state index in [1.54, 1.807) is 6.07 Å². The second-order valence-corrected chi connectivity index (χ2v) is 5.28. The van der Waals surface area contributed by atoms with E-state index in [-0.39, 0.29) is 16.3 Å². The van der Waals surface area contributed by atoms with E-state index in [0.717, 1.165) is 24.3 Å². The second kappa shape index (κ2) is 7.36. The summed E-state index contributed by atoms with van der Waals surface area (Å²) in [6.45, 7) is 0. The minimum absolute atomic E-state index is 0.111. The molecule has 0 heterocycles. The molecule has 0 radical (unpaired) electrons. The predicted molar refractivity (Wildman–Crippen MR) is 85.1 cm³/mol. The normalized spacial score (nSPS) is 11.8. The lowest BCUT2D eigenvalue weighted by Gasteiger charge is -2.11. The molecule has 0 fully saturated rings. The van der Waals surface area contributed by atoms with Gasteiger partial charge in [0.1, 0.15) is 17.5 Å². The van der Waals surface area contributed by atoms with Crippen LogP contribution in [-0.4, -0.2) is 5.91 Å². The number of amides is 1. The van der Waals surface area contributed by atoms with Gasteiger partial charge in [0.2, 0.25) is 0 Å². The third-order valence-corrected chi connectivity index (χ3v) is 3.42. The number of carbonyl (C=O) groups excluding carboxylic acids is 1. The first-order valence-electron chi connectivity index (χ1n) is 6.76. The summed E-state index contributed by atoms with van der Waals surface area (Å²) in [6.07, 6.45) is -3.43. The van der Waals surface area contributed by atoms with E-state index < -0.39 is 23.5 Å². The SMILES string of the molecule is N#C/C(=C\c1ccc(F)cc1)C(=O)Nc1cc(C(F)(F)F)ccc1Cl. The molecule has 3 nitrogen and oxygen atoms in total. The number of alkyl halides is 3. The van der Waals surface area contributed by atoms with Crippen LogP contribution in [0.2, 0.25) is 5.02 Å². The van der Waals surface area contributed by atoms with Gasteiger partial charge in [-0.2, -0.15) is 18.4 Å². The Hall–Kier alpha value is -2.85. The van der Waals surface area contributed by atoms with Crippen LogP contribution >= 0.6 is 11.6 Å². The lowest BCUT2D eigenvalue weighted by atomic mass is 10.1. The van der Waals surface area contributed by atoms with E-state index >= 15 is 0 Å². The van der Waals surface area contributed by atoms with Crippen LogP contribution < -0.4 is 5.32 Å². The average Bonchev–Trinajstić information content (AvgIpc) is 2.55. The molecule has 1 amide bonds. The minimum Gasteiger partial charge on any atom is -0.320 e. The Labute approximate surface area is 145 Å². The van der Waals surface area contributed by atoms with Crippen LogP contribution in [0.5, 0.6) is 0 Å². The highest BCUT2D eigenvalue weighted by Gasteiger charge is 2.31. The number of nitrogens with one attached hydrogen (secondary N) is 1. The van der Waals surface area contributed by atoms with E-state index in [1.165, 1.54) is 18.2 Å². The highest BCUT2D eigenvalue weighted by atomic mass is 35.5. The van der Waals surface area contributed by atoms with Gasteiger partial charge >= 0.3 is 6.18 Å². The van der Waals surface area contributed by atoms with Gasteiger partial charge in [0.15, 0.2) is 0 Å². The summed E-state index contributed by atoms with van der Waals surface area (Å²) >= 11 is 5.79. The Bertz CT molecular complexity index is 868. The van der Waals surface area contributed by atoms with Crippen molar-refractivity contribution in [2.24, 2.45) is 0 Å². The van der Waals surface area contributed by atoms with Crippen molar-refractivity contribution < 1.29 is 22.4 Å². The van der Waals surface area contributed by atoms with Gasteiger partial charge in [-0.05, 0) is 42.0 Å². The van der Waals surface area contributed by atoms with Crippen LogP contribution in [0.4, 0.5) is 23.2 Å². The van der Waals surface area contributed by atoms with Crippen molar-refractivity contribution in [2.45, 2.75) is 6.18 Å². The van der Waals surface area contributed by atoms with E-state index in [9.17, 15) is 22.4 Å². The molecule has 0 aliphatic heterocycles. The minimum atomic E-state index is -4.61. The van der Waals surface area contributed by atoms with Crippen LogP contribution in [0.3, 0.4) is 0 Å². The zero-order valence-corrected chi connectivity index (χ0v) is 13.1. The standard InChI is InChI=1S/C17H9ClF4N2O/c18-14-6-3-12(17(20,21)22)8-15(14)24-16(25)11(9-23)7-10-1-4-13(19)5-2-10/h1-8H,(H,24,25)/b11-7+. The number of rotatable bonds is 3. The fourth-order valence-electron chi connectivity index (χ4n) is 1.86. The molecular weight excluding hydrogens is 360 g/mol. The topological polar surface area (TPSA) is 52.9 Å². The Kier molecular flexibility index (Phi) is 5.45. The Balaban J connectivity index is 2.28. The number of carbonyl (C=O) groups is 1. The zero-order chi connectivity index (χ0) is 18.6. The highest BCUT2D eigenvalue weighted by Crippen LogP contribution is 2.34. The molecule has 0 spiro atoms. The Morgan fingerprint density at radius 1 is 1.16 bits per heavy atom. The van der Waals surface area contributed by atoms with Gasteiger partial charge in [-0.1, -0.05) is 23.7 Å². The monoisotopic (exact) mass is 368 g/mol. The van der Waals surface area contributed by atoms with Crippen molar-refractivity contribution in [3.05, 3.63) is 70.0 Å². The fourth-order valence-corrected chi connectivity index (χ4v) is 2.03. The van der Waals surface area contributed by atoms with Gasteiger partial charge in [-0.25, -0.2) is 4.39 Å². The van der Waals surface area contributed by atoms with Gasteiger partial charge in [-0.3, -0.25) is 4.79 Å². The Morgan fingerprint density at radius 2 is 1.80 bits per heavy atom. The fraction of sp³-hybridized carbons (Fsp3) is 0.0588. The summed E-state index contributed by atoms with van der Waals surface area (Å²) in [5.41, 5.74) is -1.27. The van der Waals surface area contributed by atoms with Crippen molar-refractivity contribution in [1.29, 1.82) is 5.26 Å². The predicted octanol–water partition coefficient (Wildman–Crippen LogP) is 5.04. The molecule has 2 aromatic carbocycles. The maximum atomic E-state index is 12.9. The summed E-state index contributed by atoms with van der Waals surface area (Å²) < 4.78 is 51.1. The van der Waals surface area contributed by atoms with Gasteiger partial charge in [0.05, 0.1) is 16.3 Å². The number of nitriles is 1. The van der Waals surface area contributed by atoms with Crippen LogP contribution in [0.25, 0.3) is 6.08 Å². The van der Waals surface area contributed by atoms with E-state index in [0.29, 0.717) is 11.6 Å². The third-order valence-electron chi connectivity index (χ3n) is 3.09. The molecule has 0 aliphatic carbocycles. The first-order chi connectivity index (χ1) is 11.7. The maximum Gasteiger partial charge on any atom is 0.416 e. The second-order valence-electron chi connectivity index (χ2n) is 4.87. The molecule has 0 atom stereocenters. The van der Waals surface area contributed by atoms with Crippen LogP contribution in [0.15, 0.2) is 48.0 Å². The van der Waals surface area contributed by atoms with Crippen molar-refractivity contribution in [3.63, 3.8) is 0 Å². The number of hydrogen-bond acceptors (Lipinski definition) is 2. The molecule has 25 heavy (non-hydrogen) atoms. The molecule has 2 aromatic rings.